The van der Waals surface area contributed by atoms with Gasteiger partial charge in [0.05, 0.1) is 6.54 Å². The van der Waals surface area contributed by atoms with Gasteiger partial charge < -0.3 is 20.4 Å². The highest BCUT2D eigenvalue weighted by molar-refractivity contribution is 5.94. The summed E-state index contributed by atoms with van der Waals surface area (Å²) in [6.07, 6.45) is 6.22. The molecule has 1 amide bonds. The molecule has 0 radical (unpaired) electrons. The average molecular weight is 388 g/mol. The first-order chi connectivity index (χ1) is 13.6. The van der Waals surface area contributed by atoms with Crippen LogP contribution in [0.25, 0.3) is 0 Å². The number of carbonyl (C=O) groups excluding carboxylic acids is 1. The van der Waals surface area contributed by atoms with Crippen LogP contribution in [0.15, 0.2) is 29.3 Å². The molecule has 0 saturated carbocycles. The van der Waals surface area contributed by atoms with Gasteiger partial charge in [-0.15, -0.1) is 0 Å². The third-order valence-electron chi connectivity index (χ3n) is 5.02. The molecular formula is C22H37N5O. The quantitative estimate of drug-likeness (QED) is 0.531. The summed E-state index contributed by atoms with van der Waals surface area (Å²) < 4.78 is 0. The number of aliphatic imine (C=N–C) groups is 1. The number of likely N-dealkylation sites (tertiary alicyclic amines) is 1. The predicted octanol–water partition coefficient (Wildman–Crippen LogP) is 2.36. The molecule has 1 fully saturated rings. The van der Waals surface area contributed by atoms with Crippen molar-refractivity contribution in [2.24, 2.45) is 4.99 Å². The predicted molar refractivity (Wildman–Crippen MR) is 117 cm³/mol. The topological polar surface area (TPSA) is 60.0 Å². The van der Waals surface area contributed by atoms with Crippen LogP contribution in [0.1, 0.15) is 48.5 Å². The van der Waals surface area contributed by atoms with Crippen LogP contribution >= 0.6 is 0 Å². The smallest absolute Gasteiger partial charge is 0.253 e. The molecule has 0 bridgehead atoms. The van der Waals surface area contributed by atoms with E-state index < -0.39 is 0 Å². The normalized spacial score (nSPS) is 15.8. The van der Waals surface area contributed by atoms with Gasteiger partial charge in [0.25, 0.3) is 5.91 Å². The van der Waals surface area contributed by atoms with E-state index in [1.54, 1.807) is 19.0 Å². The van der Waals surface area contributed by atoms with Crippen molar-refractivity contribution in [1.29, 1.82) is 0 Å². The summed E-state index contributed by atoms with van der Waals surface area (Å²) in [6.45, 7) is 8.00. The third-order valence-corrected chi connectivity index (χ3v) is 5.02. The molecule has 1 saturated heterocycles. The lowest BCUT2D eigenvalue weighted by molar-refractivity contribution is 0.0827. The number of nitrogens with one attached hydrogen (secondary N) is 2. The van der Waals surface area contributed by atoms with Crippen molar-refractivity contribution >= 4 is 11.9 Å². The van der Waals surface area contributed by atoms with Crippen molar-refractivity contribution in [3.63, 3.8) is 0 Å². The van der Waals surface area contributed by atoms with Crippen LogP contribution in [-0.4, -0.2) is 75.0 Å². The Hall–Kier alpha value is -2.08. The molecule has 1 aromatic rings. The fraction of sp³-hybridized carbons (Fsp3) is 0.636. The molecule has 0 aliphatic carbocycles. The van der Waals surface area contributed by atoms with E-state index in [0.717, 1.165) is 49.7 Å². The Morgan fingerprint density at radius 1 is 1.14 bits per heavy atom. The molecule has 0 atom stereocenters. The molecule has 6 heteroatoms. The second-order valence-corrected chi connectivity index (χ2v) is 7.59. The van der Waals surface area contributed by atoms with Crippen LogP contribution in [0.2, 0.25) is 0 Å². The SMILES string of the molecule is CCNC(=NCCN1CCCCCC1)NCCc1cccc(C(=O)N(C)C)c1. The summed E-state index contributed by atoms with van der Waals surface area (Å²) in [5.41, 5.74) is 1.89. The summed E-state index contributed by atoms with van der Waals surface area (Å²) in [5, 5.41) is 6.74. The van der Waals surface area contributed by atoms with Gasteiger partial charge in [-0.25, -0.2) is 0 Å². The van der Waals surface area contributed by atoms with Gasteiger partial charge in [-0.05, 0) is 57.0 Å². The monoisotopic (exact) mass is 387 g/mol. The minimum absolute atomic E-state index is 0.0400. The molecular weight excluding hydrogens is 350 g/mol. The molecule has 6 nitrogen and oxygen atoms in total. The van der Waals surface area contributed by atoms with E-state index in [0.29, 0.717) is 0 Å². The van der Waals surface area contributed by atoms with E-state index >= 15 is 0 Å². The van der Waals surface area contributed by atoms with Crippen LogP contribution in [-0.2, 0) is 6.42 Å². The summed E-state index contributed by atoms with van der Waals surface area (Å²) in [4.78, 5) is 21.0. The molecule has 28 heavy (non-hydrogen) atoms. The first kappa shape index (κ1) is 22.2. The molecule has 2 rings (SSSR count). The standard InChI is InChI=1S/C22H37N5O/c1-4-23-22(25-14-17-27-15-7-5-6-8-16-27)24-13-12-19-10-9-11-20(18-19)21(28)26(2)3/h9-11,18H,4-8,12-17H2,1-3H3,(H2,23,24,25). The fourth-order valence-corrected chi connectivity index (χ4v) is 3.45. The van der Waals surface area contributed by atoms with E-state index in [4.69, 9.17) is 4.99 Å². The third kappa shape index (κ3) is 7.89. The Morgan fingerprint density at radius 3 is 2.57 bits per heavy atom. The zero-order valence-corrected chi connectivity index (χ0v) is 17.8. The maximum atomic E-state index is 12.1. The molecule has 1 aromatic carbocycles. The molecule has 1 heterocycles. The first-order valence-corrected chi connectivity index (χ1v) is 10.6. The van der Waals surface area contributed by atoms with Gasteiger partial charge in [-0.1, -0.05) is 25.0 Å². The lowest BCUT2D eigenvalue weighted by Crippen LogP contribution is -2.39. The van der Waals surface area contributed by atoms with Crippen molar-refractivity contribution in [3.8, 4) is 0 Å². The molecule has 156 valence electrons. The summed E-state index contributed by atoms with van der Waals surface area (Å²) in [5.74, 6) is 0.913. The molecule has 1 aliphatic heterocycles. The lowest BCUT2D eigenvalue weighted by atomic mass is 10.1. The van der Waals surface area contributed by atoms with Gasteiger partial charge in [0.15, 0.2) is 5.96 Å². The maximum absolute atomic E-state index is 12.1. The minimum atomic E-state index is 0.0400. The molecule has 0 spiro atoms. The highest BCUT2D eigenvalue weighted by atomic mass is 16.2. The van der Waals surface area contributed by atoms with E-state index in [1.807, 2.05) is 18.2 Å². The highest BCUT2D eigenvalue weighted by Crippen LogP contribution is 2.09. The number of hydrogen-bond donors (Lipinski definition) is 2. The largest absolute Gasteiger partial charge is 0.357 e. The molecule has 1 aliphatic rings. The fourth-order valence-electron chi connectivity index (χ4n) is 3.45. The van der Waals surface area contributed by atoms with Crippen molar-refractivity contribution < 1.29 is 4.79 Å². The van der Waals surface area contributed by atoms with Crippen LogP contribution in [0.3, 0.4) is 0 Å². The number of guanidine groups is 1. The van der Waals surface area contributed by atoms with Crippen molar-refractivity contribution in [2.45, 2.75) is 39.0 Å². The number of hydrogen-bond acceptors (Lipinski definition) is 3. The Kier molecular flexibility index (Phi) is 9.83. The number of benzene rings is 1. The van der Waals surface area contributed by atoms with E-state index in [9.17, 15) is 4.79 Å². The van der Waals surface area contributed by atoms with Gasteiger partial charge in [0.1, 0.15) is 0 Å². The van der Waals surface area contributed by atoms with E-state index in [-0.39, 0.29) is 5.91 Å². The second-order valence-electron chi connectivity index (χ2n) is 7.59. The van der Waals surface area contributed by atoms with Crippen LogP contribution < -0.4 is 10.6 Å². The Balaban J connectivity index is 1.80. The minimum Gasteiger partial charge on any atom is -0.357 e. The second kappa shape index (κ2) is 12.4. The lowest BCUT2D eigenvalue weighted by Gasteiger charge is -2.19. The van der Waals surface area contributed by atoms with Gasteiger partial charge in [-0.2, -0.15) is 0 Å². The summed E-state index contributed by atoms with van der Waals surface area (Å²) >= 11 is 0. The number of nitrogens with zero attached hydrogens (tertiary/aromatic N) is 3. The van der Waals surface area contributed by atoms with Crippen LogP contribution in [0.4, 0.5) is 0 Å². The number of amides is 1. The molecule has 0 aromatic heterocycles. The first-order valence-electron chi connectivity index (χ1n) is 10.6. The zero-order chi connectivity index (χ0) is 20.2. The van der Waals surface area contributed by atoms with E-state index in [2.05, 4.69) is 28.5 Å². The van der Waals surface area contributed by atoms with Crippen molar-refractivity contribution in [1.82, 2.24) is 20.4 Å². The Morgan fingerprint density at radius 2 is 1.89 bits per heavy atom. The van der Waals surface area contributed by atoms with Crippen molar-refractivity contribution in [2.75, 3.05) is 53.4 Å². The average Bonchev–Trinajstić information content (AvgIpc) is 2.96. The van der Waals surface area contributed by atoms with Gasteiger partial charge >= 0.3 is 0 Å². The van der Waals surface area contributed by atoms with E-state index in [1.165, 1.54) is 38.8 Å². The van der Waals surface area contributed by atoms with Gasteiger partial charge in [0, 0.05) is 39.3 Å². The molecule has 0 unspecified atom stereocenters. The summed E-state index contributed by atoms with van der Waals surface area (Å²) in [6, 6.07) is 7.87. The number of carbonyl (C=O) groups is 1. The van der Waals surface area contributed by atoms with Gasteiger partial charge in [-0.3, -0.25) is 9.79 Å². The Bertz CT molecular complexity index is 621. The van der Waals surface area contributed by atoms with Crippen LogP contribution in [0, 0.1) is 0 Å². The summed E-state index contributed by atoms with van der Waals surface area (Å²) in [7, 11) is 3.56. The maximum Gasteiger partial charge on any atom is 0.253 e. The Labute approximate surface area is 170 Å². The van der Waals surface area contributed by atoms with Gasteiger partial charge in [0.2, 0.25) is 0 Å². The molecule has 2 N–H and O–H groups in total. The zero-order valence-electron chi connectivity index (χ0n) is 17.8. The number of rotatable bonds is 8. The van der Waals surface area contributed by atoms with Crippen molar-refractivity contribution in [3.05, 3.63) is 35.4 Å². The van der Waals surface area contributed by atoms with Crippen LogP contribution in [0.5, 0.6) is 0 Å². The highest BCUT2D eigenvalue weighted by Gasteiger charge is 2.09.